The number of rotatable bonds is 2. The van der Waals surface area contributed by atoms with E-state index < -0.39 is 0 Å². The molecule has 0 radical (unpaired) electrons. The van der Waals surface area contributed by atoms with Crippen molar-refractivity contribution in [2.45, 2.75) is 0 Å². The third-order valence-corrected chi connectivity index (χ3v) is 2.06. The van der Waals surface area contributed by atoms with Crippen LogP contribution in [0.25, 0.3) is 0 Å². The Hall–Kier alpha value is -0.850. The smallest absolute Gasteiger partial charge is 0.101 e. The van der Waals surface area contributed by atoms with Gasteiger partial charge in [-0.3, -0.25) is 0 Å². The van der Waals surface area contributed by atoms with Crippen molar-refractivity contribution >= 4 is 29.2 Å². The van der Waals surface area contributed by atoms with E-state index in [9.17, 15) is 0 Å². The van der Waals surface area contributed by atoms with Crippen LogP contribution in [0, 0.1) is 11.3 Å². The molecule has 0 bridgehead atoms. The van der Waals surface area contributed by atoms with E-state index in [-0.39, 0.29) is 0 Å². The number of benzene rings is 1. The van der Waals surface area contributed by atoms with Crippen LogP contribution in [0.4, 0.5) is 5.69 Å². The number of nitriles is 1. The lowest BCUT2D eigenvalue weighted by Crippen LogP contribution is -1.85. The molecule has 0 aliphatic rings. The summed E-state index contributed by atoms with van der Waals surface area (Å²) in [6.07, 6.45) is 1.92. The molecular formula is C8H7ClN2S. The highest BCUT2D eigenvalue weighted by atomic mass is 35.5. The Labute approximate surface area is 80.7 Å². The molecule has 0 heterocycles. The summed E-state index contributed by atoms with van der Waals surface area (Å²) < 4.78 is 3.02. The Bertz CT molecular complexity index is 319. The molecule has 0 aromatic heterocycles. The molecule has 4 heteroatoms. The maximum Gasteiger partial charge on any atom is 0.101 e. The van der Waals surface area contributed by atoms with E-state index in [4.69, 9.17) is 16.9 Å². The van der Waals surface area contributed by atoms with E-state index in [1.54, 1.807) is 12.1 Å². The first-order chi connectivity index (χ1) is 5.77. The van der Waals surface area contributed by atoms with Crippen LogP contribution in [0.3, 0.4) is 0 Å². The van der Waals surface area contributed by atoms with Gasteiger partial charge in [-0.2, -0.15) is 5.26 Å². The second-order valence-corrected chi connectivity index (χ2v) is 3.13. The van der Waals surface area contributed by atoms with Gasteiger partial charge in [-0.15, -0.1) is 0 Å². The SMILES string of the molecule is CSNc1ccc(C#N)c(Cl)c1. The highest BCUT2D eigenvalue weighted by Gasteiger charge is 1.99. The normalized spacial score (nSPS) is 9.08. The Balaban J connectivity index is 2.96. The van der Waals surface area contributed by atoms with Crippen molar-refractivity contribution in [3.8, 4) is 6.07 Å². The number of nitrogens with zero attached hydrogens (tertiary/aromatic N) is 1. The van der Waals surface area contributed by atoms with E-state index in [2.05, 4.69) is 4.72 Å². The van der Waals surface area contributed by atoms with Gasteiger partial charge in [-0.25, -0.2) is 0 Å². The van der Waals surface area contributed by atoms with Gasteiger partial charge in [0.05, 0.1) is 10.6 Å². The molecule has 0 aliphatic carbocycles. The van der Waals surface area contributed by atoms with Gasteiger partial charge in [-0.1, -0.05) is 23.5 Å². The average Bonchev–Trinajstić information content (AvgIpc) is 2.05. The van der Waals surface area contributed by atoms with E-state index in [0.29, 0.717) is 10.6 Å². The van der Waals surface area contributed by atoms with Crippen LogP contribution in [-0.4, -0.2) is 6.26 Å². The summed E-state index contributed by atoms with van der Waals surface area (Å²) >= 11 is 7.28. The van der Waals surface area contributed by atoms with Crippen molar-refractivity contribution in [3.05, 3.63) is 28.8 Å². The predicted molar refractivity (Wildman–Crippen MR) is 53.3 cm³/mol. The van der Waals surface area contributed by atoms with E-state index in [0.717, 1.165) is 5.69 Å². The monoisotopic (exact) mass is 198 g/mol. The van der Waals surface area contributed by atoms with Crippen molar-refractivity contribution < 1.29 is 0 Å². The van der Waals surface area contributed by atoms with Crippen LogP contribution < -0.4 is 4.72 Å². The minimum Gasteiger partial charge on any atom is -0.330 e. The topological polar surface area (TPSA) is 35.8 Å². The molecule has 1 aromatic carbocycles. The maximum absolute atomic E-state index is 8.58. The quantitative estimate of drug-likeness (QED) is 0.743. The molecule has 0 unspecified atom stereocenters. The van der Waals surface area contributed by atoms with Crippen LogP contribution >= 0.6 is 23.5 Å². The first-order valence-corrected chi connectivity index (χ1v) is 4.87. The zero-order valence-electron chi connectivity index (χ0n) is 6.47. The van der Waals surface area contributed by atoms with Crippen molar-refractivity contribution in [2.75, 3.05) is 11.0 Å². The summed E-state index contributed by atoms with van der Waals surface area (Å²) in [6, 6.07) is 7.25. The van der Waals surface area contributed by atoms with Gasteiger partial charge in [0, 0.05) is 11.9 Å². The molecule has 62 valence electrons. The molecule has 0 saturated heterocycles. The van der Waals surface area contributed by atoms with Gasteiger partial charge < -0.3 is 4.72 Å². The van der Waals surface area contributed by atoms with Gasteiger partial charge in [0.15, 0.2) is 0 Å². The minimum absolute atomic E-state index is 0.483. The van der Waals surface area contributed by atoms with Crippen molar-refractivity contribution in [1.29, 1.82) is 5.26 Å². The third-order valence-electron chi connectivity index (χ3n) is 1.31. The van der Waals surface area contributed by atoms with Gasteiger partial charge in [0.1, 0.15) is 6.07 Å². The van der Waals surface area contributed by atoms with Crippen LogP contribution in [0.15, 0.2) is 18.2 Å². The number of nitrogens with one attached hydrogen (secondary N) is 1. The van der Waals surface area contributed by atoms with Crippen LogP contribution in [-0.2, 0) is 0 Å². The van der Waals surface area contributed by atoms with Crippen molar-refractivity contribution in [2.24, 2.45) is 0 Å². The fraction of sp³-hybridized carbons (Fsp3) is 0.125. The molecule has 1 aromatic rings. The zero-order chi connectivity index (χ0) is 8.97. The summed E-state index contributed by atoms with van der Waals surface area (Å²) in [5.74, 6) is 0. The molecule has 2 nitrogen and oxygen atoms in total. The Morgan fingerprint density at radius 2 is 2.33 bits per heavy atom. The van der Waals surface area contributed by atoms with Crippen molar-refractivity contribution in [1.82, 2.24) is 0 Å². The lowest BCUT2D eigenvalue weighted by Gasteiger charge is -2.02. The highest BCUT2D eigenvalue weighted by Crippen LogP contribution is 2.21. The molecule has 12 heavy (non-hydrogen) atoms. The average molecular weight is 199 g/mol. The summed E-state index contributed by atoms with van der Waals surface area (Å²) in [5, 5.41) is 9.06. The fourth-order valence-electron chi connectivity index (χ4n) is 0.787. The maximum atomic E-state index is 8.58. The zero-order valence-corrected chi connectivity index (χ0v) is 8.04. The third kappa shape index (κ3) is 2.07. The van der Waals surface area contributed by atoms with E-state index in [1.165, 1.54) is 11.9 Å². The molecular weight excluding hydrogens is 192 g/mol. The number of hydrogen-bond acceptors (Lipinski definition) is 3. The van der Waals surface area contributed by atoms with Gasteiger partial charge >= 0.3 is 0 Å². The summed E-state index contributed by atoms with van der Waals surface area (Å²) in [5.41, 5.74) is 1.41. The summed E-state index contributed by atoms with van der Waals surface area (Å²) in [7, 11) is 0. The van der Waals surface area contributed by atoms with Crippen LogP contribution in [0.1, 0.15) is 5.56 Å². The standard InChI is InChI=1S/C8H7ClN2S/c1-12-11-7-3-2-6(5-10)8(9)4-7/h2-4,11H,1H3. The first-order valence-electron chi connectivity index (χ1n) is 3.26. The van der Waals surface area contributed by atoms with Gasteiger partial charge in [-0.05, 0) is 18.2 Å². The lowest BCUT2D eigenvalue weighted by molar-refractivity contribution is 1.48. The fourth-order valence-corrected chi connectivity index (χ4v) is 1.37. The lowest BCUT2D eigenvalue weighted by atomic mass is 10.2. The molecule has 0 amide bonds. The number of halogens is 1. The second-order valence-electron chi connectivity index (χ2n) is 2.11. The molecule has 0 saturated carbocycles. The molecule has 1 rings (SSSR count). The molecule has 0 spiro atoms. The molecule has 1 N–H and O–H groups in total. The van der Waals surface area contributed by atoms with E-state index >= 15 is 0 Å². The van der Waals surface area contributed by atoms with Gasteiger partial charge in [0.25, 0.3) is 0 Å². The number of anilines is 1. The Kier molecular flexibility index (Phi) is 3.27. The molecule has 0 fully saturated rings. The largest absolute Gasteiger partial charge is 0.330 e. The van der Waals surface area contributed by atoms with Gasteiger partial charge in [0.2, 0.25) is 0 Å². The molecule has 0 aliphatic heterocycles. The second kappa shape index (κ2) is 4.24. The first kappa shape index (κ1) is 9.24. The van der Waals surface area contributed by atoms with Crippen molar-refractivity contribution in [3.63, 3.8) is 0 Å². The summed E-state index contributed by atoms with van der Waals surface area (Å²) in [6.45, 7) is 0. The Morgan fingerprint density at radius 3 is 2.83 bits per heavy atom. The number of hydrogen-bond donors (Lipinski definition) is 1. The van der Waals surface area contributed by atoms with Crippen LogP contribution in [0.2, 0.25) is 5.02 Å². The summed E-state index contributed by atoms with van der Waals surface area (Å²) in [4.78, 5) is 0. The minimum atomic E-state index is 0.483. The predicted octanol–water partition coefficient (Wildman–Crippen LogP) is 2.90. The highest BCUT2D eigenvalue weighted by molar-refractivity contribution is 7.99. The Morgan fingerprint density at radius 1 is 1.58 bits per heavy atom. The molecule has 0 atom stereocenters. The van der Waals surface area contributed by atoms with E-state index in [1.807, 2.05) is 18.4 Å². The van der Waals surface area contributed by atoms with Crippen LogP contribution in [0.5, 0.6) is 0 Å².